The van der Waals surface area contributed by atoms with E-state index in [0.29, 0.717) is 18.9 Å². The molecule has 0 aromatic carbocycles. The topological polar surface area (TPSA) is 38.3 Å². The molecular formula is C7H13NO2. The fourth-order valence-electron chi connectivity index (χ4n) is 0.779. The predicted octanol–water partition coefficient (Wildman–Crippen LogP) is 0.159. The van der Waals surface area contributed by atoms with E-state index in [-0.39, 0.29) is 5.97 Å². The van der Waals surface area contributed by atoms with Gasteiger partial charge in [-0.3, -0.25) is 4.79 Å². The lowest BCUT2D eigenvalue weighted by Gasteiger charge is -2.26. The van der Waals surface area contributed by atoms with Crippen molar-refractivity contribution in [2.45, 2.75) is 13.3 Å². The predicted molar refractivity (Wildman–Crippen MR) is 37.6 cm³/mol. The maximum absolute atomic E-state index is 10.6. The molecule has 3 nitrogen and oxygen atoms in total. The minimum atomic E-state index is -0.0908. The van der Waals surface area contributed by atoms with Gasteiger partial charge in [0.2, 0.25) is 0 Å². The zero-order valence-electron chi connectivity index (χ0n) is 6.22. The van der Waals surface area contributed by atoms with Crippen LogP contribution in [-0.2, 0) is 9.53 Å². The van der Waals surface area contributed by atoms with Crippen molar-refractivity contribution in [1.82, 2.24) is 5.32 Å². The van der Waals surface area contributed by atoms with Crippen LogP contribution < -0.4 is 5.32 Å². The summed E-state index contributed by atoms with van der Waals surface area (Å²) in [5.41, 5.74) is 0. The van der Waals surface area contributed by atoms with Crippen LogP contribution in [0.1, 0.15) is 13.3 Å². The summed E-state index contributed by atoms with van der Waals surface area (Å²) in [4.78, 5) is 10.6. The van der Waals surface area contributed by atoms with Gasteiger partial charge in [0.05, 0.1) is 6.61 Å². The van der Waals surface area contributed by atoms with Gasteiger partial charge in [0.1, 0.15) is 0 Å². The van der Waals surface area contributed by atoms with E-state index in [4.69, 9.17) is 4.74 Å². The number of rotatable bonds is 3. The van der Waals surface area contributed by atoms with E-state index < -0.39 is 0 Å². The lowest BCUT2D eigenvalue weighted by molar-refractivity contribution is -0.145. The van der Waals surface area contributed by atoms with Crippen molar-refractivity contribution in [2.75, 3.05) is 19.7 Å². The lowest BCUT2D eigenvalue weighted by atomic mass is 10.1. The third-order valence-corrected chi connectivity index (χ3v) is 1.63. The molecule has 0 aromatic heterocycles. The first-order valence-electron chi connectivity index (χ1n) is 3.69. The molecule has 1 aliphatic heterocycles. The zero-order valence-corrected chi connectivity index (χ0v) is 6.22. The largest absolute Gasteiger partial charge is 0.465 e. The van der Waals surface area contributed by atoms with Gasteiger partial charge in [0.25, 0.3) is 0 Å². The second kappa shape index (κ2) is 3.56. The average molecular weight is 143 g/mol. The van der Waals surface area contributed by atoms with Crippen LogP contribution in [0.2, 0.25) is 0 Å². The van der Waals surface area contributed by atoms with Gasteiger partial charge in [-0.05, 0) is 0 Å². The maximum atomic E-state index is 10.6. The van der Waals surface area contributed by atoms with Gasteiger partial charge in [-0.2, -0.15) is 0 Å². The molecule has 1 rings (SSSR count). The van der Waals surface area contributed by atoms with Crippen LogP contribution >= 0.6 is 0 Å². The molecule has 1 heterocycles. The molecule has 0 aromatic rings. The van der Waals surface area contributed by atoms with Crippen molar-refractivity contribution in [1.29, 1.82) is 0 Å². The van der Waals surface area contributed by atoms with Crippen molar-refractivity contribution in [2.24, 2.45) is 5.92 Å². The van der Waals surface area contributed by atoms with Crippen LogP contribution in [0.3, 0.4) is 0 Å². The average Bonchev–Trinajstić information content (AvgIpc) is 1.84. The second-order valence-electron chi connectivity index (χ2n) is 2.56. The van der Waals surface area contributed by atoms with Crippen LogP contribution in [0.25, 0.3) is 0 Å². The quantitative estimate of drug-likeness (QED) is 0.572. The van der Waals surface area contributed by atoms with E-state index in [1.165, 1.54) is 0 Å². The first kappa shape index (κ1) is 7.54. The van der Waals surface area contributed by atoms with Crippen molar-refractivity contribution in [3.8, 4) is 0 Å². The van der Waals surface area contributed by atoms with E-state index in [1.807, 2.05) is 0 Å². The van der Waals surface area contributed by atoms with E-state index in [1.54, 1.807) is 6.92 Å². The fraction of sp³-hybridized carbons (Fsp3) is 0.857. The van der Waals surface area contributed by atoms with Crippen LogP contribution in [0, 0.1) is 5.92 Å². The number of carbonyl (C=O) groups excluding carboxylic acids is 1. The molecule has 58 valence electrons. The highest BCUT2D eigenvalue weighted by Crippen LogP contribution is 2.02. The SMILES string of the molecule is CCC(=O)OCC1CNC1. The third kappa shape index (κ3) is 1.99. The summed E-state index contributed by atoms with van der Waals surface area (Å²) in [6.45, 7) is 4.40. The molecule has 0 bridgehead atoms. The molecule has 0 aliphatic carbocycles. The van der Waals surface area contributed by atoms with Gasteiger partial charge >= 0.3 is 5.97 Å². The Balaban J connectivity index is 1.98. The van der Waals surface area contributed by atoms with Crippen LogP contribution in [0.15, 0.2) is 0 Å². The van der Waals surface area contributed by atoms with E-state index in [2.05, 4.69) is 5.32 Å². The molecule has 0 saturated carbocycles. The van der Waals surface area contributed by atoms with Gasteiger partial charge in [0.15, 0.2) is 0 Å². The Kier molecular flexibility index (Phi) is 2.68. The Labute approximate surface area is 60.7 Å². The molecule has 0 spiro atoms. The molecule has 1 aliphatic rings. The standard InChI is InChI=1S/C7H13NO2/c1-2-7(9)10-5-6-3-8-4-6/h6,8H,2-5H2,1H3. The first-order valence-corrected chi connectivity index (χ1v) is 3.69. The van der Waals surface area contributed by atoms with Crippen LogP contribution in [0.5, 0.6) is 0 Å². The number of hydrogen-bond donors (Lipinski definition) is 1. The van der Waals surface area contributed by atoms with E-state index in [0.717, 1.165) is 13.1 Å². The minimum Gasteiger partial charge on any atom is -0.465 e. The summed E-state index contributed by atoms with van der Waals surface area (Å²) in [6.07, 6.45) is 0.486. The second-order valence-corrected chi connectivity index (χ2v) is 2.56. The summed E-state index contributed by atoms with van der Waals surface area (Å²) in [6, 6.07) is 0. The van der Waals surface area contributed by atoms with Gasteiger partial charge in [-0.25, -0.2) is 0 Å². The highest BCUT2D eigenvalue weighted by Gasteiger charge is 2.17. The Morgan fingerprint density at radius 1 is 1.70 bits per heavy atom. The van der Waals surface area contributed by atoms with Crippen molar-refractivity contribution in [3.05, 3.63) is 0 Å². The number of carbonyl (C=O) groups is 1. The van der Waals surface area contributed by atoms with Gasteiger partial charge < -0.3 is 10.1 Å². The fourth-order valence-corrected chi connectivity index (χ4v) is 0.779. The molecule has 3 heteroatoms. The Morgan fingerprint density at radius 3 is 2.80 bits per heavy atom. The first-order chi connectivity index (χ1) is 4.83. The van der Waals surface area contributed by atoms with Crippen molar-refractivity contribution >= 4 is 5.97 Å². The monoisotopic (exact) mass is 143 g/mol. The molecule has 0 amide bonds. The zero-order chi connectivity index (χ0) is 7.40. The molecule has 1 N–H and O–H groups in total. The van der Waals surface area contributed by atoms with E-state index in [9.17, 15) is 4.79 Å². The number of nitrogens with one attached hydrogen (secondary N) is 1. The van der Waals surface area contributed by atoms with E-state index >= 15 is 0 Å². The molecule has 0 atom stereocenters. The third-order valence-electron chi connectivity index (χ3n) is 1.63. The molecule has 0 radical (unpaired) electrons. The maximum Gasteiger partial charge on any atom is 0.305 e. The number of esters is 1. The van der Waals surface area contributed by atoms with Gasteiger partial charge in [0, 0.05) is 25.4 Å². The molecule has 1 fully saturated rings. The van der Waals surface area contributed by atoms with Gasteiger partial charge in [-0.1, -0.05) is 6.92 Å². The highest BCUT2D eigenvalue weighted by molar-refractivity contribution is 5.68. The van der Waals surface area contributed by atoms with Gasteiger partial charge in [-0.15, -0.1) is 0 Å². The lowest BCUT2D eigenvalue weighted by Crippen LogP contribution is -2.44. The highest BCUT2D eigenvalue weighted by atomic mass is 16.5. The Morgan fingerprint density at radius 2 is 2.40 bits per heavy atom. The summed E-state index contributed by atoms with van der Waals surface area (Å²) >= 11 is 0. The Bertz CT molecular complexity index is 121. The smallest absolute Gasteiger partial charge is 0.305 e. The molecular weight excluding hydrogens is 130 g/mol. The molecule has 1 saturated heterocycles. The molecule has 10 heavy (non-hydrogen) atoms. The van der Waals surface area contributed by atoms with Crippen LogP contribution in [0.4, 0.5) is 0 Å². The number of ether oxygens (including phenoxy) is 1. The normalized spacial score (nSPS) is 18.1. The van der Waals surface area contributed by atoms with Crippen LogP contribution in [-0.4, -0.2) is 25.7 Å². The van der Waals surface area contributed by atoms with Crippen molar-refractivity contribution in [3.63, 3.8) is 0 Å². The summed E-state index contributed by atoms with van der Waals surface area (Å²) in [5.74, 6) is 0.474. The number of hydrogen-bond acceptors (Lipinski definition) is 3. The molecule has 0 unspecified atom stereocenters. The Hall–Kier alpha value is -0.570. The van der Waals surface area contributed by atoms with Crippen molar-refractivity contribution < 1.29 is 9.53 Å². The minimum absolute atomic E-state index is 0.0908. The summed E-state index contributed by atoms with van der Waals surface area (Å²) < 4.78 is 4.92. The summed E-state index contributed by atoms with van der Waals surface area (Å²) in [5, 5.41) is 3.11. The summed E-state index contributed by atoms with van der Waals surface area (Å²) in [7, 11) is 0.